The fourth-order valence-electron chi connectivity index (χ4n) is 1.72. The second-order valence-electron chi connectivity index (χ2n) is 4.39. The monoisotopic (exact) mass is 324 g/mol. The molecule has 0 fully saturated rings. The number of halogens is 2. The highest BCUT2D eigenvalue weighted by Gasteiger charge is 2.07. The maximum atomic E-state index is 12.2. The van der Waals surface area contributed by atoms with Crippen molar-refractivity contribution in [2.24, 2.45) is 5.10 Å². The van der Waals surface area contributed by atoms with Gasteiger partial charge in [-0.2, -0.15) is 13.9 Å². The van der Waals surface area contributed by atoms with Gasteiger partial charge in [-0.25, -0.2) is 5.43 Å². The Morgan fingerprint density at radius 2 is 2.18 bits per heavy atom. The second kappa shape index (κ2) is 7.65. The number of carbonyl (C=O) groups is 1. The molecule has 7 heteroatoms. The van der Waals surface area contributed by atoms with Gasteiger partial charge in [0.15, 0.2) is 0 Å². The zero-order valence-electron chi connectivity index (χ0n) is 11.8. The molecule has 0 unspecified atom stereocenters. The minimum absolute atomic E-state index is 0.0481. The summed E-state index contributed by atoms with van der Waals surface area (Å²) < 4.78 is 28.7. The van der Waals surface area contributed by atoms with E-state index in [-0.39, 0.29) is 18.1 Å². The van der Waals surface area contributed by atoms with E-state index < -0.39 is 6.61 Å². The van der Waals surface area contributed by atoms with Crippen LogP contribution in [0.5, 0.6) is 5.75 Å². The maximum absolute atomic E-state index is 12.2. The van der Waals surface area contributed by atoms with E-state index in [9.17, 15) is 13.6 Å². The number of carbonyl (C=O) groups excluding carboxylic acids is 1. The van der Waals surface area contributed by atoms with Crippen LogP contribution in [0.2, 0.25) is 0 Å². The standard InChI is InChI=1S/C15H14F2N2O2S/c1-10(11-4-2-5-12(8-11)21-15(16)17)18-19-14(20)9-13-6-3-7-22-13/h2-8,15H,9H2,1H3,(H,19,20)/b18-10+. The number of alkyl halides is 2. The Morgan fingerprint density at radius 1 is 1.36 bits per heavy atom. The van der Waals surface area contributed by atoms with Crippen molar-refractivity contribution >= 4 is 23.0 Å². The summed E-state index contributed by atoms with van der Waals surface area (Å²) >= 11 is 1.49. The van der Waals surface area contributed by atoms with Crippen molar-refractivity contribution in [3.63, 3.8) is 0 Å². The lowest BCUT2D eigenvalue weighted by molar-refractivity contribution is -0.120. The van der Waals surface area contributed by atoms with Crippen LogP contribution >= 0.6 is 11.3 Å². The lowest BCUT2D eigenvalue weighted by atomic mass is 10.1. The average Bonchev–Trinajstić information content (AvgIpc) is 2.97. The van der Waals surface area contributed by atoms with Crippen LogP contribution in [0.1, 0.15) is 17.4 Å². The third-order valence-electron chi connectivity index (χ3n) is 2.74. The van der Waals surface area contributed by atoms with Crippen LogP contribution in [-0.4, -0.2) is 18.2 Å². The molecule has 1 heterocycles. The summed E-state index contributed by atoms with van der Waals surface area (Å²) in [5.41, 5.74) is 3.54. The topological polar surface area (TPSA) is 50.7 Å². The smallest absolute Gasteiger partial charge is 0.387 e. The number of hydrogen-bond donors (Lipinski definition) is 1. The molecule has 0 bridgehead atoms. The van der Waals surface area contributed by atoms with Gasteiger partial charge in [-0.3, -0.25) is 4.79 Å². The minimum atomic E-state index is -2.88. The fraction of sp³-hybridized carbons (Fsp3) is 0.200. The zero-order valence-corrected chi connectivity index (χ0v) is 12.6. The van der Waals surface area contributed by atoms with Crippen molar-refractivity contribution in [2.45, 2.75) is 20.0 Å². The Kier molecular flexibility index (Phi) is 5.60. The molecule has 2 aromatic rings. The number of amides is 1. The number of ether oxygens (including phenoxy) is 1. The van der Waals surface area contributed by atoms with Gasteiger partial charge >= 0.3 is 6.61 Å². The van der Waals surface area contributed by atoms with Gasteiger partial charge < -0.3 is 4.74 Å². The number of hydrazone groups is 1. The van der Waals surface area contributed by atoms with E-state index in [1.807, 2.05) is 17.5 Å². The summed E-state index contributed by atoms with van der Waals surface area (Å²) in [7, 11) is 0. The molecule has 0 aliphatic carbocycles. The van der Waals surface area contributed by atoms with Crippen LogP contribution in [0, 0.1) is 0 Å². The summed E-state index contributed by atoms with van der Waals surface area (Å²) in [6.07, 6.45) is 0.253. The molecule has 2 rings (SSSR count). The van der Waals surface area contributed by atoms with Gasteiger partial charge in [0.05, 0.1) is 12.1 Å². The first-order valence-electron chi connectivity index (χ1n) is 6.45. The Labute approximate surface area is 130 Å². The molecule has 0 saturated carbocycles. The first-order valence-corrected chi connectivity index (χ1v) is 7.33. The average molecular weight is 324 g/mol. The predicted molar refractivity (Wildman–Crippen MR) is 81.5 cm³/mol. The number of thiophene rings is 1. The van der Waals surface area contributed by atoms with Crippen molar-refractivity contribution in [3.8, 4) is 5.75 Å². The quantitative estimate of drug-likeness (QED) is 0.654. The molecule has 22 heavy (non-hydrogen) atoms. The van der Waals surface area contributed by atoms with Crippen LogP contribution in [-0.2, 0) is 11.2 Å². The first kappa shape index (κ1) is 16.1. The Hall–Kier alpha value is -2.28. The second-order valence-corrected chi connectivity index (χ2v) is 5.43. The van der Waals surface area contributed by atoms with E-state index in [1.54, 1.807) is 19.1 Å². The third kappa shape index (κ3) is 4.92. The summed E-state index contributed by atoms with van der Waals surface area (Å²) in [6.45, 7) is -1.20. The summed E-state index contributed by atoms with van der Waals surface area (Å²) in [5, 5.41) is 5.87. The highest BCUT2D eigenvalue weighted by Crippen LogP contribution is 2.16. The van der Waals surface area contributed by atoms with Crippen molar-refractivity contribution in [2.75, 3.05) is 0 Å². The van der Waals surface area contributed by atoms with Gasteiger partial charge in [0, 0.05) is 10.4 Å². The van der Waals surface area contributed by atoms with Crippen molar-refractivity contribution in [3.05, 3.63) is 52.2 Å². The molecule has 1 aromatic heterocycles. The number of nitrogens with zero attached hydrogens (tertiary/aromatic N) is 1. The van der Waals surface area contributed by atoms with E-state index in [1.165, 1.54) is 23.5 Å². The van der Waals surface area contributed by atoms with Gasteiger partial charge in [-0.1, -0.05) is 18.2 Å². The molecular weight excluding hydrogens is 310 g/mol. The third-order valence-corrected chi connectivity index (χ3v) is 3.62. The predicted octanol–water partition coefficient (Wildman–Crippen LogP) is 3.43. The van der Waals surface area contributed by atoms with E-state index in [0.29, 0.717) is 11.3 Å². The Morgan fingerprint density at radius 3 is 2.86 bits per heavy atom. The fourth-order valence-corrected chi connectivity index (χ4v) is 2.42. The highest BCUT2D eigenvalue weighted by atomic mass is 32.1. The van der Waals surface area contributed by atoms with E-state index in [2.05, 4.69) is 15.3 Å². The molecule has 1 N–H and O–H groups in total. The molecular formula is C15H14F2N2O2S. The summed E-state index contributed by atoms with van der Waals surface area (Å²) in [4.78, 5) is 12.7. The highest BCUT2D eigenvalue weighted by molar-refractivity contribution is 7.10. The molecule has 0 atom stereocenters. The molecule has 0 spiro atoms. The van der Waals surface area contributed by atoms with Crippen molar-refractivity contribution in [1.82, 2.24) is 5.43 Å². The number of hydrogen-bond acceptors (Lipinski definition) is 4. The first-order chi connectivity index (χ1) is 10.5. The zero-order chi connectivity index (χ0) is 15.9. The van der Waals surface area contributed by atoms with Crippen molar-refractivity contribution in [1.29, 1.82) is 0 Å². The number of rotatable bonds is 6. The summed E-state index contributed by atoms with van der Waals surface area (Å²) in [5.74, 6) is -0.186. The summed E-state index contributed by atoms with van der Waals surface area (Å²) in [6, 6.07) is 9.89. The Balaban J connectivity index is 1.98. The number of nitrogens with one attached hydrogen (secondary N) is 1. The molecule has 1 amide bonds. The largest absolute Gasteiger partial charge is 0.435 e. The molecule has 0 radical (unpaired) electrons. The van der Waals surface area contributed by atoms with Gasteiger partial charge in [-0.15, -0.1) is 11.3 Å². The van der Waals surface area contributed by atoms with Gasteiger partial charge in [0.2, 0.25) is 5.91 Å². The van der Waals surface area contributed by atoms with Gasteiger partial charge in [0.1, 0.15) is 5.75 Å². The van der Waals surface area contributed by atoms with E-state index >= 15 is 0 Å². The molecule has 4 nitrogen and oxygen atoms in total. The van der Waals surface area contributed by atoms with E-state index in [4.69, 9.17) is 0 Å². The lowest BCUT2D eigenvalue weighted by Gasteiger charge is -2.07. The van der Waals surface area contributed by atoms with Crippen LogP contribution in [0.4, 0.5) is 8.78 Å². The maximum Gasteiger partial charge on any atom is 0.387 e. The van der Waals surface area contributed by atoms with Crippen LogP contribution < -0.4 is 10.2 Å². The SMILES string of the molecule is C/C(=N\NC(=O)Cc1cccs1)c1cccc(OC(F)F)c1. The minimum Gasteiger partial charge on any atom is -0.435 e. The molecule has 0 aliphatic rings. The van der Waals surface area contributed by atoms with Crippen molar-refractivity contribution < 1.29 is 18.3 Å². The Bertz CT molecular complexity index is 657. The van der Waals surface area contributed by atoms with Gasteiger partial charge in [0.25, 0.3) is 0 Å². The molecule has 1 aromatic carbocycles. The molecule has 116 valence electrons. The molecule has 0 aliphatic heterocycles. The molecule has 0 saturated heterocycles. The van der Waals surface area contributed by atoms with E-state index in [0.717, 1.165) is 4.88 Å². The normalized spacial score (nSPS) is 11.5. The van der Waals surface area contributed by atoms with Crippen LogP contribution in [0.3, 0.4) is 0 Å². The van der Waals surface area contributed by atoms with Crippen LogP contribution in [0.25, 0.3) is 0 Å². The van der Waals surface area contributed by atoms with Gasteiger partial charge in [-0.05, 0) is 30.5 Å². The van der Waals surface area contributed by atoms with Crippen LogP contribution in [0.15, 0.2) is 46.9 Å². The lowest BCUT2D eigenvalue weighted by Crippen LogP contribution is -2.20. The number of benzene rings is 1.